The summed E-state index contributed by atoms with van der Waals surface area (Å²) >= 11 is 1.47. The quantitative estimate of drug-likeness (QED) is 0.320. The number of carbonyl (C=O) groups is 4. The third-order valence-electron chi connectivity index (χ3n) is 8.63. The third-order valence-corrected chi connectivity index (χ3v) is 10.1. The first kappa shape index (κ1) is 27.7. The first-order valence-corrected chi connectivity index (χ1v) is 14.5. The topological polar surface area (TPSA) is 177 Å². The van der Waals surface area contributed by atoms with Gasteiger partial charge in [-0.3, -0.25) is 14.4 Å². The van der Waals surface area contributed by atoms with E-state index < -0.39 is 11.9 Å². The molecule has 3 fully saturated rings. The second-order valence-electron chi connectivity index (χ2n) is 11.2. The second kappa shape index (κ2) is 11.3. The summed E-state index contributed by atoms with van der Waals surface area (Å²) in [5.74, 6) is -1.74. The van der Waals surface area contributed by atoms with Crippen LogP contribution in [-0.2, 0) is 25.7 Å². The number of nitrogens with one attached hydrogen (secondary N) is 1. The van der Waals surface area contributed by atoms with Crippen molar-refractivity contribution < 1.29 is 24.3 Å². The smallest absolute Gasteiger partial charge is 0.353 e. The molecule has 1 aromatic rings. The van der Waals surface area contributed by atoms with Crippen LogP contribution in [0.2, 0.25) is 0 Å². The standard InChI is InChI=1S/C25H36N8O5S/c1-13(7-16(34)11-32-12-28-29-30-32)19-20-14(2)22(21(25(37)38)33(20)24(19)36)39-17-8-18(27-10-17)23(35)31-5-3-15(9-26)4-6-31/h12-15,17-20,27H,3-11,26H2,1-2H3,(H,37,38)/t13-,14+,17?,18?,19+,20-/m0/s1. The molecule has 3 saturated heterocycles. The number of rotatable bonds is 10. The molecule has 5 rings (SSSR count). The zero-order valence-corrected chi connectivity index (χ0v) is 23.0. The number of β-lactam (4-membered cyclic amide) rings is 1. The lowest BCUT2D eigenvalue weighted by molar-refractivity contribution is -0.160. The number of likely N-dealkylation sites (tertiary alicyclic amines) is 1. The van der Waals surface area contributed by atoms with Gasteiger partial charge in [-0.05, 0) is 48.1 Å². The Kier molecular flexibility index (Phi) is 8.06. The second-order valence-corrected chi connectivity index (χ2v) is 12.5. The molecule has 4 aliphatic rings. The number of nitrogens with two attached hydrogens (primary N) is 1. The van der Waals surface area contributed by atoms with E-state index >= 15 is 0 Å². The summed E-state index contributed by atoms with van der Waals surface area (Å²) in [7, 11) is 0. The van der Waals surface area contributed by atoms with Crippen molar-refractivity contribution in [3.05, 3.63) is 16.9 Å². The number of ketones is 1. The Balaban J connectivity index is 1.21. The number of fused-ring (bicyclic) bond motifs is 1. The number of aromatic nitrogens is 4. The molecular formula is C25H36N8O5S. The van der Waals surface area contributed by atoms with E-state index in [0.717, 1.165) is 25.9 Å². The van der Waals surface area contributed by atoms with Gasteiger partial charge >= 0.3 is 5.97 Å². The Labute approximate surface area is 230 Å². The van der Waals surface area contributed by atoms with Crippen molar-refractivity contribution in [2.75, 3.05) is 26.2 Å². The van der Waals surface area contributed by atoms with Gasteiger partial charge in [-0.15, -0.1) is 16.9 Å². The molecule has 39 heavy (non-hydrogen) atoms. The van der Waals surface area contributed by atoms with Gasteiger partial charge in [0.15, 0.2) is 5.78 Å². The first-order valence-electron chi connectivity index (χ1n) is 13.6. The van der Waals surface area contributed by atoms with E-state index in [9.17, 15) is 24.3 Å². The number of hydrogen-bond acceptors (Lipinski definition) is 10. The van der Waals surface area contributed by atoms with E-state index in [4.69, 9.17) is 5.73 Å². The number of carboxylic acids is 1. The average molecular weight is 561 g/mol. The van der Waals surface area contributed by atoms with Crippen LogP contribution in [-0.4, -0.2) is 102 Å². The summed E-state index contributed by atoms with van der Waals surface area (Å²) in [6.45, 7) is 6.53. The highest BCUT2D eigenvalue weighted by Crippen LogP contribution is 2.53. The number of tetrazole rings is 1. The van der Waals surface area contributed by atoms with Gasteiger partial charge in [0.1, 0.15) is 18.6 Å². The minimum Gasteiger partial charge on any atom is -0.477 e. The molecule has 1 aromatic heterocycles. The number of aliphatic carboxylic acids is 1. The fourth-order valence-electron chi connectivity index (χ4n) is 6.52. The monoisotopic (exact) mass is 560 g/mol. The summed E-state index contributed by atoms with van der Waals surface area (Å²) in [4.78, 5) is 55.1. The highest BCUT2D eigenvalue weighted by molar-refractivity contribution is 8.03. The van der Waals surface area contributed by atoms with Crippen molar-refractivity contribution in [1.29, 1.82) is 0 Å². The fraction of sp³-hybridized carbons (Fsp3) is 0.720. The van der Waals surface area contributed by atoms with Crippen LogP contribution in [0.5, 0.6) is 0 Å². The summed E-state index contributed by atoms with van der Waals surface area (Å²) in [6.07, 6.45) is 4.00. The minimum absolute atomic E-state index is 0.0230. The van der Waals surface area contributed by atoms with Crippen molar-refractivity contribution >= 4 is 35.3 Å². The lowest BCUT2D eigenvalue weighted by atomic mass is 9.73. The van der Waals surface area contributed by atoms with Crippen LogP contribution < -0.4 is 11.1 Å². The molecule has 0 saturated carbocycles. The molecule has 5 heterocycles. The molecular weight excluding hydrogens is 524 g/mol. The number of hydrogen-bond donors (Lipinski definition) is 3. The van der Waals surface area contributed by atoms with Gasteiger partial charge in [-0.1, -0.05) is 13.8 Å². The molecule has 4 N–H and O–H groups in total. The number of carbonyl (C=O) groups excluding carboxylic acids is 3. The van der Waals surface area contributed by atoms with E-state index in [1.54, 1.807) is 0 Å². The van der Waals surface area contributed by atoms with Crippen LogP contribution >= 0.6 is 11.8 Å². The molecule has 2 amide bonds. The molecule has 0 radical (unpaired) electrons. The molecule has 2 unspecified atom stereocenters. The maximum absolute atomic E-state index is 13.2. The van der Waals surface area contributed by atoms with E-state index in [2.05, 4.69) is 20.8 Å². The number of thioether (sulfide) groups is 1. The summed E-state index contributed by atoms with van der Waals surface area (Å²) in [5, 5.41) is 24.2. The highest BCUT2D eigenvalue weighted by atomic mass is 32.2. The van der Waals surface area contributed by atoms with Crippen LogP contribution in [0.25, 0.3) is 0 Å². The van der Waals surface area contributed by atoms with Gasteiger partial charge < -0.3 is 26.0 Å². The van der Waals surface area contributed by atoms with E-state index in [1.807, 2.05) is 18.7 Å². The van der Waals surface area contributed by atoms with E-state index in [0.29, 0.717) is 30.3 Å². The molecule has 0 bridgehead atoms. The van der Waals surface area contributed by atoms with Crippen molar-refractivity contribution in [2.24, 2.45) is 29.4 Å². The molecule has 212 valence electrons. The largest absolute Gasteiger partial charge is 0.477 e. The van der Waals surface area contributed by atoms with E-state index in [-0.39, 0.29) is 65.4 Å². The van der Waals surface area contributed by atoms with Crippen molar-refractivity contribution in [3.8, 4) is 0 Å². The maximum Gasteiger partial charge on any atom is 0.353 e. The zero-order chi connectivity index (χ0) is 27.8. The lowest BCUT2D eigenvalue weighted by Gasteiger charge is -2.47. The van der Waals surface area contributed by atoms with Gasteiger partial charge in [0, 0.05) is 42.1 Å². The average Bonchev–Trinajstić information content (AvgIpc) is 3.64. The summed E-state index contributed by atoms with van der Waals surface area (Å²) in [6, 6.07) is -0.585. The van der Waals surface area contributed by atoms with Crippen LogP contribution in [0.1, 0.15) is 39.5 Å². The first-order chi connectivity index (χ1) is 18.7. The minimum atomic E-state index is -1.12. The Morgan fingerprint density at radius 2 is 2.03 bits per heavy atom. The van der Waals surface area contributed by atoms with Gasteiger partial charge in [-0.2, -0.15) is 0 Å². The number of nitrogens with zero attached hydrogens (tertiary/aromatic N) is 6. The highest BCUT2D eigenvalue weighted by Gasteiger charge is 2.60. The third kappa shape index (κ3) is 5.33. The SMILES string of the molecule is C[C@@H](CC(=O)Cn1cnnn1)[C@H]1C(=O)N2C(C(=O)O)=C(SC3CNC(C(=O)N4CCC(CN)CC4)C3)[C@H](C)[C@@H]12. The van der Waals surface area contributed by atoms with Crippen molar-refractivity contribution in [2.45, 2.75) is 63.4 Å². The Morgan fingerprint density at radius 3 is 2.67 bits per heavy atom. The number of piperidine rings is 1. The molecule has 0 aliphatic carbocycles. The van der Waals surface area contributed by atoms with Gasteiger partial charge in [-0.25, -0.2) is 9.48 Å². The molecule has 0 aromatic carbocycles. The predicted molar refractivity (Wildman–Crippen MR) is 141 cm³/mol. The Bertz CT molecular complexity index is 1150. The number of carboxylic acid groups (broad SMARTS) is 1. The van der Waals surface area contributed by atoms with Crippen molar-refractivity contribution in [3.63, 3.8) is 0 Å². The van der Waals surface area contributed by atoms with Crippen LogP contribution in [0.15, 0.2) is 16.9 Å². The van der Waals surface area contributed by atoms with Gasteiger partial charge in [0.25, 0.3) is 0 Å². The molecule has 13 nitrogen and oxygen atoms in total. The van der Waals surface area contributed by atoms with Crippen LogP contribution in [0, 0.1) is 23.7 Å². The van der Waals surface area contributed by atoms with Crippen LogP contribution in [0.3, 0.4) is 0 Å². The predicted octanol–water partition coefficient (Wildman–Crippen LogP) is -0.298. The maximum atomic E-state index is 13.2. The lowest BCUT2D eigenvalue weighted by Crippen LogP contribution is -2.62. The zero-order valence-electron chi connectivity index (χ0n) is 22.2. The van der Waals surface area contributed by atoms with Crippen molar-refractivity contribution in [1.82, 2.24) is 35.3 Å². The number of Topliss-reactive ketones (excluding diaryl/α,β-unsaturated/α-hetero) is 1. The normalized spacial score (nSPS) is 29.9. The summed E-state index contributed by atoms with van der Waals surface area (Å²) in [5.41, 5.74) is 5.82. The van der Waals surface area contributed by atoms with Crippen LogP contribution in [0.4, 0.5) is 0 Å². The Morgan fingerprint density at radius 1 is 1.28 bits per heavy atom. The molecule has 0 spiro atoms. The fourth-order valence-corrected chi connectivity index (χ4v) is 8.00. The van der Waals surface area contributed by atoms with Gasteiger partial charge in [0.05, 0.1) is 18.0 Å². The summed E-state index contributed by atoms with van der Waals surface area (Å²) < 4.78 is 1.34. The van der Waals surface area contributed by atoms with Gasteiger partial charge in [0.2, 0.25) is 11.8 Å². The Hall–Kier alpha value is -2.84. The molecule has 6 atom stereocenters. The molecule has 14 heteroatoms. The van der Waals surface area contributed by atoms with E-state index in [1.165, 1.54) is 27.7 Å². The number of amides is 2. The molecule has 4 aliphatic heterocycles.